The van der Waals surface area contributed by atoms with E-state index in [0.29, 0.717) is 6.10 Å². The van der Waals surface area contributed by atoms with Crippen LogP contribution in [-0.2, 0) is 27.7 Å². The van der Waals surface area contributed by atoms with Gasteiger partial charge in [0.2, 0.25) is 0 Å². The summed E-state index contributed by atoms with van der Waals surface area (Å²) in [6.45, 7) is 15.6. The van der Waals surface area contributed by atoms with Crippen LogP contribution in [-0.4, -0.2) is 15.9 Å². The van der Waals surface area contributed by atoms with E-state index in [1.54, 1.807) is 22.3 Å². The maximum Gasteiger partial charge on any atom is 0.158 e. The van der Waals surface area contributed by atoms with Crippen LogP contribution in [0.5, 0.6) is 0 Å². The van der Waals surface area contributed by atoms with Crippen molar-refractivity contribution >= 4 is 33.1 Å². The van der Waals surface area contributed by atoms with Crippen LogP contribution in [0.1, 0.15) is 82.2 Å². The standard InChI is InChI=1S/C16H14.2C11H11.C4H12OSi.Zr/c1-3-9-15(10-4-1)13-7-8-14-16-11-5-2-6-12-16;2*1-8-7-10-5-3-4-6-11(10)9(8)2;1-4(2)5-6-3;/h1-14H;2*3-7H,1-2H3;4H,6H2,1-3H3;. The Morgan fingerprint density at radius 2 is 0.956 bits per heavy atom. The van der Waals surface area contributed by atoms with Crippen LogP contribution in [0.25, 0.3) is 23.3 Å². The molecule has 0 saturated heterocycles. The number of benzene rings is 4. The second-order valence-electron chi connectivity index (χ2n) is 11.9. The molecule has 0 aromatic heterocycles. The molecule has 1 nitrogen and oxygen atoms in total. The Kier molecular flexibility index (Phi) is 13.6. The van der Waals surface area contributed by atoms with Gasteiger partial charge in [-0.15, -0.1) is 0 Å². The van der Waals surface area contributed by atoms with Crippen LogP contribution in [0.2, 0.25) is 6.55 Å². The predicted molar refractivity (Wildman–Crippen MR) is 196 cm³/mol. The third kappa shape index (κ3) is 9.46. The van der Waals surface area contributed by atoms with Crippen molar-refractivity contribution < 1.29 is 27.7 Å². The third-order valence-corrected chi connectivity index (χ3v) is 14.8. The molecule has 230 valence electrons. The molecule has 0 N–H and O–H groups in total. The zero-order chi connectivity index (χ0) is 32.2. The normalized spacial score (nSPS) is 17.1. The molecule has 0 saturated carbocycles. The van der Waals surface area contributed by atoms with Crippen molar-refractivity contribution in [3.05, 3.63) is 166 Å². The van der Waals surface area contributed by atoms with E-state index in [9.17, 15) is 0 Å². The molecule has 0 aliphatic heterocycles. The summed E-state index contributed by atoms with van der Waals surface area (Å²) in [5, 5.41) is 0. The minimum atomic E-state index is -0.668. The summed E-state index contributed by atoms with van der Waals surface area (Å²) in [5.41, 5.74) is 15.0. The summed E-state index contributed by atoms with van der Waals surface area (Å²) in [7, 11) is -0.133. The molecule has 0 amide bonds. The first kappa shape index (κ1) is 34.8. The van der Waals surface area contributed by atoms with Crippen molar-refractivity contribution in [2.24, 2.45) is 0 Å². The Morgan fingerprint density at radius 1 is 0.578 bits per heavy atom. The Bertz CT molecular complexity index is 1530. The molecule has 2 aliphatic carbocycles. The number of hydrogen-bond donors (Lipinski definition) is 0. The van der Waals surface area contributed by atoms with Gasteiger partial charge < -0.3 is 4.43 Å². The summed E-state index contributed by atoms with van der Waals surface area (Å²) in [6, 6.07) is 38.7. The Labute approximate surface area is 286 Å². The molecule has 0 spiro atoms. The molecule has 6 rings (SSSR count). The molecule has 45 heavy (non-hydrogen) atoms. The van der Waals surface area contributed by atoms with Crippen molar-refractivity contribution in [3.8, 4) is 0 Å². The van der Waals surface area contributed by atoms with Gasteiger partial charge in [0.25, 0.3) is 0 Å². The van der Waals surface area contributed by atoms with E-state index in [0.717, 1.165) is 7.25 Å². The third-order valence-electron chi connectivity index (χ3n) is 8.52. The average molecular weight is 688 g/mol. The van der Waals surface area contributed by atoms with E-state index < -0.39 is 23.2 Å². The van der Waals surface area contributed by atoms with Crippen molar-refractivity contribution in [1.29, 1.82) is 0 Å². The first-order valence-electron chi connectivity index (χ1n) is 16.2. The number of allylic oxidation sites excluding steroid dienone is 6. The van der Waals surface area contributed by atoms with Gasteiger partial charge in [0.15, 0.2) is 9.76 Å². The summed E-state index contributed by atoms with van der Waals surface area (Å²) in [6.07, 6.45) is 8.77. The van der Waals surface area contributed by atoms with E-state index >= 15 is 0 Å². The molecule has 0 fully saturated rings. The van der Waals surface area contributed by atoms with Gasteiger partial charge in [-0.1, -0.05) is 91.5 Å². The van der Waals surface area contributed by atoms with E-state index in [4.69, 9.17) is 4.43 Å². The number of hydrogen-bond acceptors (Lipinski definition) is 1. The van der Waals surface area contributed by atoms with Crippen LogP contribution in [0.4, 0.5) is 0 Å². The van der Waals surface area contributed by atoms with Crippen molar-refractivity contribution in [2.75, 3.05) is 0 Å². The van der Waals surface area contributed by atoms with Crippen molar-refractivity contribution in [2.45, 2.75) is 61.4 Å². The molecule has 0 bridgehead atoms. The van der Waals surface area contributed by atoms with Crippen molar-refractivity contribution in [1.82, 2.24) is 0 Å². The molecule has 4 aromatic carbocycles. The van der Waals surface area contributed by atoms with Gasteiger partial charge in [0.1, 0.15) is 0 Å². The van der Waals surface area contributed by atoms with E-state index in [1.165, 1.54) is 33.4 Å². The predicted octanol–water partition coefficient (Wildman–Crippen LogP) is 11.1. The van der Waals surface area contributed by atoms with E-state index in [-0.39, 0.29) is 9.76 Å². The summed E-state index contributed by atoms with van der Waals surface area (Å²) < 4.78 is 6.64. The van der Waals surface area contributed by atoms with Crippen LogP contribution in [0.3, 0.4) is 0 Å². The fourth-order valence-corrected chi connectivity index (χ4v) is 11.8. The molecule has 2 atom stereocenters. The first-order chi connectivity index (χ1) is 21.8. The molecule has 2 unspecified atom stereocenters. The summed E-state index contributed by atoms with van der Waals surface area (Å²) in [5.74, 6) is 0. The summed E-state index contributed by atoms with van der Waals surface area (Å²) >= 11 is -0.668. The molecule has 2 aliphatic rings. The molecule has 0 heterocycles. The van der Waals surface area contributed by atoms with Gasteiger partial charge in [-0.25, -0.2) is 0 Å². The second-order valence-corrected chi connectivity index (χ2v) is 16.4. The molecular formula is C42H48OSiZr. The maximum atomic E-state index is 5.18. The summed E-state index contributed by atoms with van der Waals surface area (Å²) in [4.78, 5) is 0. The Hall–Kier alpha value is -3.10. The fourth-order valence-electron chi connectivity index (χ4n) is 5.90. The minimum absolute atomic E-state index is 0.133. The van der Waals surface area contributed by atoms with E-state index in [1.807, 2.05) is 36.4 Å². The molecule has 0 radical (unpaired) electrons. The minimum Gasteiger partial charge on any atom is -0.422 e. The largest absolute Gasteiger partial charge is 0.422 e. The zero-order valence-electron chi connectivity index (χ0n) is 28.0. The maximum absolute atomic E-state index is 5.18. The van der Waals surface area contributed by atoms with Crippen LogP contribution < -0.4 is 0 Å². The first-order valence-corrected chi connectivity index (χ1v) is 21.0. The Morgan fingerprint density at radius 3 is 1.31 bits per heavy atom. The van der Waals surface area contributed by atoms with Crippen LogP contribution in [0, 0.1) is 0 Å². The van der Waals surface area contributed by atoms with Crippen LogP contribution >= 0.6 is 0 Å². The van der Waals surface area contributed by atoms with Gasteiger partial charge >= 0.3 is 151 Å². The smallest absolute Gasteiger partial charge is 0.158 e. The molecular weight excluding hydrogens is 640 g/mol. The van der Waals surface area contributed by atoms with E-state index in [2.05, 4.69) is 145 Å². The SMILES string of the molecule is C(C=Cc1ccccc1)=Cc1ccccc1.CC1=C(C)[CH]([Zr][CH]2C(C)=C(C)c3ccccc32)c2ccccc21.C[SiH2]OC(C)C. The van der Waals surface area contributed by atoms with Gasteiger partial charge in [0.05, 0.1) is 0 Å². The molecule has 4 aromatic rings. The number of rotatable bonds is 7. The number of fused-ring (bicyclic) bond motifs is 2. The fraction of sp³-hybridized carbons (Fsp3) is 0.238. The second kappa shape index (κ2) is 17.6. The van der Waals surface area contributed by atoms with Gasteiger partial charge in [0, 0.05) is 6.10 Å². The molecule has 3 heteroatoms. The topological polar surface area (TPSA) is 9.23 Å². The monoisotopic (exact) mass is 686 g/mol. The quantitative estimate of drug-likeness (QED) is 0.139. The van der Waals surface area contributed by atoms with Gasteiger partial charge in [-0.2, -0.15) is 0 Å². The zero-order valence-corrected chi connectivity index (χ0v) is 31.9. The van der Waals surface area contributed by atoms with Crippen molar-refractivity contribution in [3.63, 3.8) is 0 Å². The van der Waals surface area contributed by atoms with Crippen LogP contribution in [0.15, 0.2) is 132 Å². The average Bonchev–Trinajstić information content (AvgIpc) is 3.45. The van der Waals surface area contributed by atoms with Gasteiger partial charge in [-0.3, -0.25) is 0 Å². The Balaban J connectivity index is 0.000000182. The van der Waals surface area contributed by atoms with Gasteiger partial charge in [-0.05, 0) is 25.0 Å².